The van der Waals surface area contributed by atoms with E-state index < -0.39 is 0 Å². The Bertz CT molecular complexity index is 166. The first-order valence-electron chi connectivity index (χ1n) is 2.31. The maximum absolute atomic E-state index is 5.35. The van der Waals surface area contributed by atoms with Gasteiger partial charge in [-0.2, -0.15) is 0 Å². The summed E-state index contributed by atoms with van der Waals surface area (Å²) in [7, 11) is 0. The lowest BCUT2D eigenvalue weighted by molar-refractivity contribution is 1.65. The van der Waals surface area contributed by atoms with Gasteiger partial charge in [-0.15, -0.1) is 0 Å². The molecule has 4 N–H and O–H groups in total. The molecule has 0 aliphatic rings. The monoisotopic (exact) mass is 107 g/mol. The Morgan fingerprint density at radius 2 is 1.62 bits per heavy atom. The van der Waals surface area contributed by atoms with Crippen LogP contribution in [-0.2, 0) is 0 Å². The van der Waals surface area contributed by atoms with Crippen LogP contribution in [0.4, 0.5) is 11.4 Å². The van der Waals surface area contributed by atoms with Gasteiger partial charge in [-0.25, -0.2) is 0 Å². The van der Waals surface area contributed by atoms with Crippen LogP contribution in [-0.4, -0.2) is 0 Å². The molecule has 2 nitrogen and oxygen atoms in total. The second kappa shape index (κ2) is 1.74. The van der Waals surface area contributed by atoms with Gasteiger partial charge in [0.15, 0.2) is 0 Å². The highest BCUT2D eigenvalue weighted by Gasteiger charge is 1.82. The van der Waals surface area contributed by atoms with Crippen molar-refractivity contribution in [3.8, 4) is 0 Å². The summed E-state index contributed by atoms with van der Waals surface area (Å²) in [6, 6.07) is 7.82. The van der Waals surface area contributed by atoms with E-state index in [1.54, 1.807) is 18.2 Å². The molecule has 0 fully saturated rings. The first-order valence-corrected chi connectivity index (χ1v) is 2.31. The molecule has 1 radical (unpaired) electrons. The molecular formula is C6H7N2. The van der Waals surface area contributed by atoms with E-state index in [1.807, 2.05) is 0 Å². The molecule has 0 saturated heterocycles. The fraction of sp³-hybridized carbons (Fsp3) is 0. The number of nitrogen functional groups attached to an aromatic ring is 2. The summed E-state index contributed by atoms with van der Waals surface area (Å²) in [4.78, 5) is 0. The van der Waals surface area contributed by atoms with Crippen LogP contribution < -0.4 is 11.5 Å². The summed E-state index contributed by atoms with van der Waals surface area (Å²) in [6.07, 6.45) is 0. The highest BCUT2D eigenvalue weighted by molar-refractivity contribution is 5.50. The molecule has 0 atom stereocenters. The van der Waals surface area contributed by atoms with Crippen LogP contribution in [0.3, 0.4) is 0 Å². The van der Waals surface area contributed by atoms with E-state index in [9.17, 15) is 0 Å². The van der Waals surface area contributed by atoms with Gasteiger partial charge in [-0.05, 0) is 24.3 Å². The van der Waals surface area contributed by atoms with E-state index in [0.717, 1.165) is 0 Å². The summed E-state index contributed by atoms with van der Waals surface area (Å²) in [5.74, 6) is 0. The number of hydrogen-bond donors (Lipinski definition) is 2. The Morgan fingerprint density at radius 1 is 1.12 bits per heavy atom. The third kappa shape index (κ3) is 0.904. The molecule has 8 heavy (non-hydrogen) atoms. The van der Waals surface area contributed by atoms with Gasteiger partial charge in [0.2, 0.25) is 0 Å². The van der Waals surface area contributed by atoms with Crippen LogP contribution >= 0.6 is 0 Å². The van der Waals surface area contributed by atoms with Crippen molar-refractivity contribution in [1.29, 1.82) is 0 Å². The summed E-state index contributed by atoms with van der Waals surface area (Å²) < 4.78 is 0. The maximum Gasteiger partial charge on any atom is 0.0340 e. The number of rotatable bonds is 0. The van der Waals surface area contributed by atoms with Crippen molar-refractivity contribution >= 4 is 11.4 Å². The molecule has 0 aliphatic carbocycles. The van der Waals surface area contributed by atoms with Gasteiger partial charge >= 0.3 is 0 Å². The molecule has 0 spiro atoms. The predicted molar refractivity (Wildman–Crippen MR) is 34.1 cm³/mol. The van der Waals surface area contributed by atoms with Crippen LogP contribution in [0.15, 0.2) is 18.2 Å². The number of benzene rings is 1. The average Bonchev–Trinajstić information content (AvgIpc) is 1.64. The molecule has 0 aromatic heterocycles. The summed E-state index contributed by atoms with van der Waals surface area (Å²) in [5, 5.41) is 0. The maximum atomic E-state index is 5.35. The minimum absolute atomic E-state index is 0.657. The first-order chi connectivity index (χ1) is 3.79. The molecule has 0 bridgehead atoms. The van der Waals surface area contributed by atoms with E-state index in [0.29, 0.717) is 11.4 Å². The van der Waals surface area contributed by atoms with Crippen molar-refractivity contribution in [2.75, 3.05) is 11.5 Å². The van der Waals surface area contributed by atoms with E-state index >= 15 is 0 Å². The van der Waals surface area contributed by atoms with E-state index in [2.05, 4.69) is 6.07 Å². The lowest BCUT2D eigenvalue weighted by Crippen LogP contribution is -1.87. The van der Waals surface area contributed by atoms with Crippen molar-refractivity contribution in [2.45, 2.75) is 0 Å². The third-order valence-corrected chi connectivity index (χ3v) is 0.833. The summed E-state index contributed by atoms with van der Waals surface area (Å²) >= 11 is 0. The highest BCUT2D eigenvalue weighted by atomic mass is 14.6. The molecule has 0 amide bonds. The minimum atomic E-state index is 0.657. The Hall–Kier alpha value is -1.18. The second-order valence-electron chi connectivity index (χ2n) is 1.60. The molecule has 41 valence electrons. The topological polar surface area (TPSA) is 52.0 Å². The predicted octanol–water partition coefficient (Wildman–Crippen LogP) is 0.651. The van der Waals surface area contributed by atoms with Crippen molar-refractivity contribution in [2.24, 2.45) is 0 Å². The molecule has 0 aliphatic heterocycles. The molecule has 0 saturated carbocycles. The van der Waals surface area contributed by atoms with E-state index in [1.165, 1.54) is 0 Å². The average molecular weight is 107 g/mol. The van der Waals surface area contributed by atoms with Gasteiger partial charge in [-0.1, -0.05) is 0 Å². The number of anilines is 2. The van der Waals surface area contributed by atoms with Gasteiger partial charge in [-0.3, -0.25) is 0 Å². The standard InChI is InChI=1S/C6H7N2/c7-5-2-1-3-6(8)4-5/h2-4H,7-8H2. The number of hydrogen-bond acceptors (Lipinski definition) is 2. The molecule has 0 unspecified atom stereocenters. The van der Waals surface area contributed by atoms with Crippen LogP contribution in [0.5, 0.6) is 0 Å². The quantitative estimate of drug-likeness (QED) is 0.478. The Kier molecular flexibility index (Phi) is 1.08. The lowest BCUT2D eigenvalue weighted by atomic mass is 10.3. The van der Waals surface area contributed by atoms with Crippen molar-refractivity contribution < 1.29 is 0 Å². The molecular weight excluding hydrogens is 100 g/mol. The van der Waals surface area contributed by atoms with Gasteiger partial charge < -0.3 is 11.5 Å². The Balaban J connectivity index is 3.08. The number of nitrogens with two attached hydrogens (primary N) is 2. The van der Waals surface area contributed by atoms with Gasteiger partial charge in [0, 0.05) is 11.4 Å². The minimum Gasteiger partial charge on any atom is -0.399 e. The Morgan fingerprint density at radius 3 is 1.88 bits per heavy atom. The Labute approximate surface area is 48.1 Å². The molecule has 1 rings (SSSR count). The summed E-state index contributed by atoms with van der Waals surface area (Å²) in [6.45, 7) is 0. The highest BCUT2D eigenvalue weighted by Crippen LogP contribution is 2.05. The fourth-order valence-corrected chi connectivity index (χ4v) is 0.510. The van der Waals surface area contributed by atoms with Crippen LogP contribution in [0.1, 0.15) is 0 Å². The van der Waals surface area contributed by atoms with Crippen LogP contribution in [0, 0.1) is 6.07 Å². The van der Waals surface area contributed by atoms with Gasteiger partial charge in [0.25, 0.3) is 0 Å². The summed E-state index contributed by atoms with van der Waals surface area (Å²) in [5.41, 5.74) is 12.0. The second-order valence-corrected chi connectivity index (χ2v) is 1.60. The van der Waals surface area contributed by atoms with Crippen molar-refractivity contribution in [1.82, 2.24) is 0 Å². The van der Waals surface area contributed by atoms with E-state index in [-0.39, 0.29) is 0 Å². The zero-order valence-electron chi connectivity index (χ0n) is 4.39. The van der Waals surface area contributed by atoms with Gasteiger partial charge in [0.05, 0.1) is 0 Å². The first kappa shape index (κ1) is 4.97. The van der Waals surface area contributed by atoms with Crippen LogP contribution in [0.2, 0.25) is 0 Å². The molecule has 2 heteroatoms. The normalized spacial score (nSPS) is 9.00. The molecule has 1 aromatic rings. The lowest BCUT2D eigenvalue weighted by Gasteiger charge is -1.90. The smallest absolute Gasteiger partial charge is 0.0340 e. The van der Waals surface area contributed by atoms with Gasteiger partial charge in [0.1, 0.15) is 0 Å². The van der Waals surface area contributed by atoms with E-state index in [4.69, 9.17) is 11.5 Å². The van der Waals surface area contributed by atoms with Crippen molar-refractivity contribution in [3.05, 3.63) is 24.3 Å². The largest absolute Gasteiger partial charge is 0.399 e. The zero-order chi connectivity index (χ0) is 5.98. The van der Waals surface area contributed by atoms with Crippen molar-refractivity contribution in [3.63, 3.8) is 0 Å². The molecule has 1 aromatic carbocycles. The fourth-order valence-electron chi connectivity index (χ4n) is 0.510. The molecule has 0 heterocycles. The third-order valence-electron chi connectivity index (χ3n) is 0.833. The zero-order valence-corrected chi connectivity index (χ0v) is 4.39. The van der Waals surface area contributed by atoms with Crippen LogP contribution in [0.25, 0.3) is 0 Å². The SMILES string of the molecule is Nc1c[c]cc(N)c1.